The summed E-state index contributed by atoms with van der Waals surface area (Å²) in [7, 11) is 0. The standard InChI is InChI=1S/C20H17ClF3N5/c1-12-11-28(19-15(23)3-2-6-25-19)7-8-29(12)18-10-17(26-20(21)27-18)13-4-5-14(22)16(24)9-13/h2-6,9-10,12H,7-8,11H2,1H3/t12-/m1/s1. The van der Waals surface area contributed by atoms with Crippen molar-refractivity contribution in [3.63, 3.8) is 0 Å². The Hall–Kier alpha value is -2.87. The Labute approximate surface area is 170 Å². The molecule has 0 radical (unpaired) electrons. The largest absolute Gasteiger partial charge is 0.350 e. The predicted molar refractivity (Wildman–Crippen MR) is 106 cm³/mol. The lowest BCUT2D eigenvalue weighted by atomic mass is 10.1. The number of benzene rings is 1. The number of nitrogens with zero attached hydrogens (tertiary/aromatic N) is 5. The fraction of sp³-hybridized carbons (Fsp3) is 0.250. The van der Waals surface area contributed by atoms with Gasteiger partial charge in [0.1, 0.15) is 5.82 Å². The van der Waals surface area contributed by atoms with E-state index < -0.39 is 11.6 Å². The summed E-state index contributed by atoms with van der Waals surface area (Å²) in [6, 6.07) is 8.16. The molecule has 1 saturated heterocycles. The Morgan fingerprint density at radius 3 is 2.55 bits per heavy atom. The second-order valence-corrected chi connectivity index (χ2v) is 7.14. The molecule has 0 saturated carbocycles. The highest BCUT2D eigenvalue weighted by atomic mass is 35.5. The molecule has 3 heterocycles. The minimum atomic E-state index is -0.960. The lowest BCUT2D eigenvalue weighted by Gasteiger charge is -2.41. The van der Waals surface area contributed by atoms with Crippen LogP contribution in [0.3, 0.4) is 0 Å². The first-order chi connectivity index (χ1) is 13.9. The number of anilines is 2. The molecule has 1 aromatic carbocycles. The quantitative estimate of drug-likeness (QED) is 0.591. The SMILES string of the molecule is C[C@@H]1CN(c2ncccc2F)CCN1c1cc(-c2ccc(F)c(F)c2)nc(Cl)n1. The minimum absolute atomic E-state index is 0.00707. The van der Waals surface area contributed by atoms with Gasteiger partial charge in [-0.1, -0.05) is 0 Å². The van der Waals surface area contributed by atoms with E-state index in [1.807, 2.05) is 16.7 Å². The van der Waals surface area contributed by atoms with Crippen molar-refractivity contribution in [3.05, 3.63) is 65.3 Å². The van der Waals surface area contributed by atoms with Gasteiger partial charge in [-0.05, 0) is 48.9 Å². The van der Waals surface area contributed by atoms with Crippen LogP contribution in [0.2, 0.25) is 5.28 Å². The summed E-state index contributed by atoms with van der Waals surface area (Å²) in [6.07, 6.45) is 1.56. The van der Waals surface area contributed by atoms with Crippen molar-refractivity contribution in [2.45, 2.75) is 13.0 Å². The molecule has 0 bridgehead atoms. The van der Waals surface area contributed by atoms with Gasteiger partial charge < -0.3 is 9.80 Å². The number of halogens is 4. The summed E-state index contributed by atoms with van der Waals surface area (Å²) in [6.45, 7) is 3.62. The Kier molecular flexibility index (Phi) is 5.27. The van der Waals surface area contributed by atoms with Gasteiger partial charge >= 0.3 is 0 Å². The third-order valence-electron chi connectivity index (χ3n) is 4.86. The van der Waals surface area contributed by atoms with Crippen molar-refractivity contribution in [2.75, 3.05) is 29.4 Å². The van der Waals surface area contributed by atoms with Crippen LogP contribution in [-0.2, 0) is 0 Å². The molecule has 1 aliphatic rings. The van der Waals surface area contributed by atoms with E-state index in [1.54, 1.807) is 18.3 Å². The third-order valence-corrected chi connectivity index (χ3v) is 5.03. The van der Waals surface area contributed by atoms with Crippen LogP contribution in [0.1, 0.15) is 6.92 Å². The predicted octanol–water partition coefficient (Wildman–Crippen LogP) is 4.32. The fourth-order valence-electron chi connectivity index (χ4n) is 3.46. The van der Waals surface area contributed by atoms with Gasteiger partial charge in [-0.15, -0.1) is 0 Å². The van der Waals surface area contributed by atoms with Gasteiger partial charge in [-0.3, -0.25) is 0 Å². The topological polar surface area (TPSA) is 45.2 Å². The van der Waals surface area contributed by atoms with Crippen molar-refractivity contribution in [1.29, 1.82) is 0 Å². The van der Waals surface area contributed by atoms with Crippen LogP contribution in [0.5, 0.6) is 0 Å². The second-order valence-electron chi connectivity index (χ2n) is 6.81. The van der Waals surface area contributed by atoms with E-state index >= 15 is 0 Å². The van der Waals surface area contributed by atoms with Crippen LogP contribution >= 0.6 is 11.6 Å². The van der Waals surface area contributed by atoms with Crippen LogP contribution in [0.25, 0.3) is 11.3 Å². The average molecular weight is 420 g/mol. The number of piperazine rings is 1. The van der Waals surface area contributed by atoms with Crippen LogP contribution in [0, 0.1) is 17.5 Å². The van der Waals surface area contributed by atoms with Crippen molar-refractivity contribution in [3.8, 4) is 11.3 Å². The van der Waals surface area contributed by atoms with E-state index in [-0.39, 0.29) is 17.1 Å². The summed E-state index contributed by atoms with van der Waals surface area (Å²) in [5.41, 5.74) is 0.792. The summed E-state index contributed by atoms with van der Waals surface area (Å²) >= 11 is 6.10. The van der Waals surface area contributed by atoms with Crippen LogP contribution in [0.15, 0.2) is 42.6 Å². The maximum Gasteiger partial charge on any atom is 0.224 e. The van der Waals surface area contributed by atoms with Crippen LogP contribution in [0.4, 0.5) is 24.8 Å². The average Bonchev–Trinajstić information content (AvgIpc) is 2.70. The van der Waals surface area contributed by atoms with Crippen molar-refractivity contribution in [2.24, 2.45) is 0 Å². The molecule has 0 spiro atoms. The Morgan fingerprint density at radius 1 is 1.00 bits per heavy atom. The van der Waals surface area contributed by atoms with Gasteiger partial charge in [0.2, 0.25) is 5.28 Å². The molecule has 0 aliphatic carbocycles. The highest BCUT2D eigenvalue weighted by Gasteiger charge is 2.27. The van der Waals surface area contributed by atoms with Crippen molar-refractivity contribution >= 4 is 23.2 Å². The molecule has 2 aromatic heterocycles. The number of rotatable bonds is 3. The molecule has 0 amide bonds. The molecule has 29 heavy (non-hydrogen) atoms. The number of hydrogen-bond donors (Lipinski definition) is 0. The third kappa shape index (κ3) is 3.98. The molecule has 9 heteroatoms. The van der Waals surface area contributed by atoms with Gasteiger partial charge in [-0.25, -0.2) is 28.1 Å². The second kappa shape index (κ2) is 7.87. The Bertz CT molecular complexity index is 1050. The first-order valence-corrected chi connectivity index (χ1v) is 9.42. The zero-order chi connectivity index (χ0) is 20.5. The van der Waals surface area contributed by atoms with E-state index in [0.29, 0.717) is 42.5 Å². The maximum atomic E-state index is 14.1. The summed E-state index contributed by atoms with van der Waals surface area (Å²) in [5, 5.41) is 0.00707. The Morgan fingerprint density at radius 2 is 1.83 bits per heavy atom. The zero-order valence-corrected chi connectivity index (χ0v) is 16.2. The van der Waals surface area contributed by atoms with Gasteiger partial charge in [0.05, 0.1) is 5.69 Å². The lowest BCUT2D eigenvalue weighted by Crippen LogP contribution is -2.53. The van der Waals surface area contributed by atoms with Gasteiger partial charge in [-0.2, -0.15) is 0 Å². The summed E-state index contributed by atoms with van der Waals surface area (Å²) in [5.74, 6) is -1.36. The van der Waals surface area contributed by atoms with Gasteiger partial charge in [0.25, 0.3) is 0 Å². The number of pyridine rings is 1. The molecule has 1 fully saturated rings. The highest BCUT2D eigenvalue weighted by Crippen LogP contribution is 2.28. The molecule has 5 nitrogen and oxygen atoms in total. The summed E-state index contributed by atoms with van der Waals surface area (Å²) in [4.78, 5) is 16.5. The van der Waals surface area contributed by atoms with E-state index in [1.165, 1.54) is 12.1 Å². The molecule has 4 rings (SSSR count). The summed E-state index contributed by atoms with van der Waals surface area (Å²) < 4.78 is 40.9. The molecule has 150 valence electrons. The molecular weight excluding hydrogens is 403 g/mol. The normalized spacial score (nSPS) is 16.9. The molecule has 0 N–H and O–H groups in total. The van der Waals surface area contributed by atoms with Crippen molar-refractivity contribution < 1.29 is 13.2 Å². The van der Waals surface area contributed by atoms with Crippen LogP contribution in [-0.4, -0.2) is 40.6 Å². The molecule has 3 aromatic rings. The monoisotopic (exact) mass is 419 g/mol. The van der Waals surface area contributed by atoms with Gasteiger partial charge in [0.15, 0.2) is 23.3 Å². The molecule has 0 unspecified atom stereocenters. The fourth-order valence-corrected chi connectivity index (χ4v) is 3.63. The smallest absolute Gasteiger partial charge is 0.224 e. The van der Waals surface area contributed by atoms with Crippen LogP contribution < -0.4 is 9.80 Å². The first-order valence-electron chi connectivity index (χ1n) is 9.04. The first kappa shape index (κ1) is 19.4. The molecular formula is C20H17ClF3N5. The zero-order valence-electron chi connectivity index (χ0n) is 15.5. The van der Waals surface area contributed by atoms with Crippen molar-refractivity contribution in [1.82, 2.24) is 15.0 Å². The highest BCUT2D eigenvalue weighted by molar-refractivity contribution is 6.28. The van der Waals surface area contributed by atoms with E-state index in [9.17, 15) is 13.2 Å². The van der Waals surface area contributed by atoms with E-state index in [2.05, 4.69) is 15.0 Å². The minimum Gasteiger partial charge on any atom is -0.350 e. The number of hydrogen-bond acceptors (Lipinski definition) is 5. The lowest BCUT2D eigenvalue weighted by molar-refractivity contribution is 0.509. The number of aromatic nitrogens is 3. The van der Waals surface area contributed by atoms with Gasteiger partial charge in [0, 0.05) is 43.5 Å². The molecule has 1 aliphatic heterocycles. The van der Waals surface area contributed by atoms with E-state index in [4.69, 9.17) is 11.6 Å². The Balaban J connectivity index is 1.60. The maximum absolute atomic E-state index is 14.1. The molecule has 1 atom stereocenters. The van der Waals surface area contributed by atoms with E-state index in [0.717, 1.165) is 12.1 Å².